The van der Waals surface area contributed by atoms with E-state index in [0.717, 1.165) is 17.1 Å². The number of para-hydroxylation sites is 1. The number of fused-ring (bicyclic) bond motifs is 6. The van der Waals surface area contributed by atoms with Gasteiger partial charge in [-0.05, 0) is 96.9 Å². The van der Waals surface area contributed by atoms with Crippen LogP contribution >= 0.6 is 0 Å². The number of nitrogens with zero attached hydrogens (tertiary/aromatic N) is 1. The smallest absolute Gasteiger partial charge is 0.0540 e. The van der Waals surface area contributed by atoms with Gasteiger partial charge in [-0.15, -0.1) is 0 Å². The molecule has 9 rings (SSSR count). The molecule has 8 aromatic rings. The molecule has 0 aromatic heterocycles. The monoisotopic (exact) mass is 613 g/mol. The number of rotatable bonds is 5. The zero-order valence-electron chi connectivity index (χ0n) is 27.2. The Labute approximate surface area is 282 Å². The van der Waals surface area contributed by atoms with Gasteiger partial charge in [0.1, 0.15) is 0 Å². The van der Waals surface area contributed by atoms with E-state index >= 15 is 0 Å². The van der Waals surface area contributed by atoms with Crippen molar-refractivity contribution in [2.24, 2.45) is 0 Å². The van der Waals surface area contributed by atoms with Gasteiger partial charge in [0.05, 0.1) is 5.69 Å². The van der Waals surface area contributed by atoms with Crippen LogP contribution in [0.3, 0.4) is 0 Å². The van der Waals surface area contributed by atoms with E-state index in [9.17, 15) is 0 Å². The molecule has 0 radical (unpaired) electrons. The molecule has 0 N–H and O–H groups in total. The van der Waals surface area contributed by atoms with Crippen molar-refractivity contribution in [3.63, 3.8) is 0 Å². The van der Waals surface area contributed by atoms with Crippen molar-refractivity contribution in [2.75, 3.05) is 4.90 Å². The zero-order chi connectivity index (χ0) is 32.2. The maximum atomic E-state index is 2.43. The molecule has 0 bridgehead atoms. The Bertz CT molecular complexity index is 2470. The standard InChI is InChI=1S/C47H35N/c1-47(2)44-18-10-8-17-42(44)43-29-27-38(31-45(43)47)48(46-19-11-9-16-41(46)33-12-4-3-5-13-33)37-25-22-32(23-26-37)35-24-28-40-36(30-35)21-20-34-14-6-7-15-39(34)40/h3-31H,1-2H3. The molecule has 1 nitrogen and oxygen atoms in total. The molecule has 0 unspecified atom stereocenters. The van der Waals surface area contributed by atoms with Gasteiger partial charge in [0.25, 0.3) is 0 Å². The first kappa shape index (κ1) is 28.3. The Morgan fingerprint density at radius 1 is 0.375 bits per heavy atom. The second-order valence-corrected chi connectivity index (χ2v) is 13.4. The summed E-state index contributed by atoms with van der Waals surface area (Å²) in [6.45, 7) is 4.70. The number of benzene rings is 8. The topological polar surface area (TPSA) is 3.24 Å². The predicted octanol–water partition coefficient (Wildman–Crippen LogP) is 13.1. The van der Waals surface area contributed by atoms with Crippen LogP contribution in [0.15, 0.2) is 176 Å². The summed E-state index contributed by atoms with van der Waals surface area (Å²) in [6.07, 6.45) is 0. The van der Waals surface area contributed by atoms with Crippen molar-refractivity contribution in [2.45, 2.75) is 19.3 Å². The molecule has 1 aliphatic carbocycles. The fourth-order valence-electron chi connectivity index (χ4n) is 7.78. The van der Waals surface area contributed by atoms with Crippen molar-refractivity contribution in [1.82, 2.24) is 0 Å². The first-order valence-electron chi connectivity index (χ1n) is 16.8. The van der Waals surface area contributed by atoms with E-state index in [2.05, 4.69) is 195 Å². The first-order chi connectivity index (χ1) is 23.6. The third-order valence-electron chi connectivity index (χ3n) is 10.3. The van der Waals surface area contributed by atoms with Crippen LogP contribution in [-0.4, -0.2) is 0 Å². The number of anilines is 3. The fraction of sp³-hybridized carbons (Fsp3) is 0.0638. The van der Waals surface area contributed by atoms with E-state index in [1.807, 2.05) is 0 Å². The summed E-state index contributed by atoms with van der Waals surface area (Å²) in [4.78, 5) is 2.43. The lowest BCUT2D eigenvalue weighted by Gasteiger charge is -2.30. The third-order valence-corrected chi connectivity index (χ3v) is 10.3. The molecule has 0 aliphatic heterocycles. The Hall–Kier alpha value is -5.92. The normalized spacial score (nSPS) is 13.0. The van der Waals surface area contributed by atoms with Gasteiger partial charge in [0.15, 0.2) is 0 Å². The van der Waals surface area contributed by atoms with Crippen LogP contribution in [0.25, 0.3) is 54.9 Å². The molecule has 1 aliphatic rings. The molecule has 1 heteroatoms. The molecular weight excluding hydrogens is 579 g/mol. The van der Waals surface area contributed by atoms with Gasteiger partial charge in [-0.3, -0.25) is 0 Å². The van der Waals surface area contributed by atoms with E-state index in [1.54, 1.807) is 0 Å². The van der Waals surface area contributed by atoms with Crippen molar-refractivity contribution >= 4 is 38.6 Å². The van der Waals surface area contributed by atoms with E-state index in [4.69, 9.17) is 0 Å². The van der Waals surface area contributed by atoms with Gasteiger partial charge in [-0.25, -0.2) is 0 Å². The summed E-state index contributed by atoms with van der Waals surface area (Å²) in [7, 11) is 0. The summed E-state index contributed by atoms with van der Waals surface area (Å²) in [5, 5.41) is 5.12. The maximum Gasteiger partial charge on any atom is 0.0540 e. The summed E-state index contributed by atoms with van der Waals surface area (Å²) in [6, 6.07) is 64.4. The fourth-order valence-corrected chi connectivity index (χ4v) is 7.78. The highest BCUT2D eigenvalue weighted by Crippen LogP contribution is 2.51. The Morgan fingerprint density at radius 2 is 1.00 bits per heavy atom. The van der Waals surface area contributed by atoms with Gasteiger partial charge in [-0.1, -0.05) is 153 Å². The molecule has 0 spiro atoms. The summed E-state index contributed by atoms with van der Waals surface area (Å²) in [5.41, 5.74) is 13.6. The molecule has 0 fully saturated rings. The van der Waals surface area contributed by atoms with Crippen molar-refractivity contribution in [3.05, 3.63) is 187 Å². The van der Waals surface area contributed by atoms with Crippen LogP contribution in [0.5, 0.6) is 0 Å². The van der Waals surface area contributed by atoms with Gasteiger partial charge in [0.2, 0.25) is 0 Å². The minimum Gasteiger partial charge on any atom is -0.310 e. The highest BCUT2D eigenvalue weighted by molar-refractivity contribution is 6.08. The van der Waals surface area contributed by atoms with Crippen LogP contribution in [0.2, 0.25) is 0 Å². The lowest BCUT2D eigenvalue weighted by Crippen LogP contribution is -2.16. The highest BCUT2D eigenvalue weighted by atomic mass is 15.1. The van der Waals surface area contributed by atoms with Crippen molar-refractivity contribution in [3.8, 4) is 33.4 Å². The lowest BCUT2D eigenvalue weighted by molar-refractivity contribution is 0.660. The minimum atomic E-state index is -0.0855. The second-order valence-electron chi connectivity index (χ2n) is 13.4. The van der Waals surface area contributed by atoms with Gasteiger partial charge in [-0.2, -0.15) is 0 Å². The van der Waals surface area contributed by atoms with E-state index in [0.29, 0.717) is 0 Å². The van der Waals surface area contributed by atoms with E-state index in [-0.39, 0.29) is 5.41 Å². The molecular formula is C47H35N. The number of hydrogen-bond donors (Lipinski definition) is 0. The van der Waals surface area contributed by atoms with Gasteiger partial charge < -0.3 is 4.90 Å². The molecule has 48 heavy (non-hydrogen) atoms. The van der Waals surface area contributed by atoms with Crippen LogP contribution < -0.4 is 4.90 Å². The SMILES string of the molecule is CC1(C)c2ccccc2-c2ccc(N(c3ccc(-c4ccc5c(ccc6ccccc65)c4)cc3)c3ccccc3-c3ccccc3)cc21. The quantitative estimate of drug-likeness (QED) is 0.175. The average Bonchev–Trinajstić information content (AvgIpc) is 3.38. The molecule has 0 heterocycles. The molecule has 0 saturated heterocycles. The molecule has 8 aromatic carbocycles. The lowest BCUT2D eigenvalue weighted by atomic mass is 9.82. The van der Waals surface area contributed by atoms with E-state index < -0.39 is 0 Å². The van der Waals surface area contributed by atoms with Crippen LogP contribution in [-0.2, 0) is 5.41 Å². The Kier molecular flexibility index (Phi) is 6.55. The summed E-state index contributed by atoms with van der Waals surface area (Å²) >= 11 is 0. The van der Waals surface area contributed by atoms with Gasteiger partial charge >= 0.3 is 0 Å². The van der Waals surface area contributed by atoms with E-state index in [1.165, 1.54) is 66.1 Å². The maximum absolute atomic E-state index is 2.43. The minimum absolute atomic E-state index is 0.0855. The number of hydrogen-bond acceptors (Lipinski definition) is 1. The first-order valence-corrected chi connectivity index (χ1v) is 16.8. The van der Waals surface area contributed by atoms with Crippen molar-refractivity contribution < 1.29 is 0 Å². The molecule has 228 valence electrons. The average molecular weight is 614 g/mol. The Balaban J connectivity index is 1.18. The Morgan fingerprint density at radius 3 is 1.85 bits per heavy atom. The summed E-state index contributed by atoms with van der Waals surface area (Å²) < 4.78 is 0. The van der Waals surface area contributed by atoms with Crippen LogP contribution in [0.4, 0.5) is 17.1 Å². The second kappa shape index (κ2) is 11.1. The highest BCUT2D eigenvalue weighted by Gasteiger charge is 2.35. The van der Waals surface area contributed by atoms with Crippen molar-refractivity contribution in [1.29, 1.82) is 0 Å². The predicted molar refractivity (Wildman–Crippen MR) is 205 cm³/mol. The molecule has 0 saturated carbocycles. The van der Waals surface area contributed by atoms with Crippen LogP contribution in [0.1, 0.15) is 25.0 Å². The zero-order valence-corrected chi connectivity index (χ0v) is 27.2. The summed E-state index contributed by atoms with van der Waals surface area (Å²) in [5.74, 6) is 0. The molecule has 0 amide bonds. The third kappa shape index (κ3) is 4.54. The van der Waals surface area contributed by atoms with Crippen LogP contribution in [0, 0.1) is 0 Å². The van der Waals surface area contributed by atoms with Gasteiger partial charge in [0, 0.05) is 22.4 Å². The molecule has 0 atom stereocenters. The largest absolute Gasteiger partial charge is 0.310 e.